The van der Waals surface area contributed by atoms with Crippen LogP contribution in [-0.4, -0.2) is 31.9 Å². The van der Waals surface area contributed by atoms with Crippen LogP contribution in [0.15, 0.2) is 18.3 Å². The molecule has 1 amide bonds. The van der Waals surface area contributed by atoms with Crippen molar-refractivity contribution in [2.75, 3.05) is 6.54 Å². The van der Waals surface area contributed by atoms with Gasteiger partial charge in [0.1, 0.15) is 5.56 Å². The molecule has 0 N–H and O–H groups in total. The normalized spacial score (nSPS) is 26.1. The summed E-state index contributed by atoms with van der Waals surface area (Å²) in [4.78, 5) is 14.8. The number of likely N-dealkylation sites (tertiary alicyclic amines) is 1. The Hall–Kier alpha value is -2.12. The average molecular weight is 394 g/mol. The summed E-state index contributed by atoms with van der Waals surface area (Å²) >= 11 is 0. The first kappa shape index (κ1) is 19.2. The first-order valence-electron chi connectivity index (χ1n) is 10.0. The second kappa shape index (κ2) is 7.37. The molecule has 8 heteroatoms. The Labute approximate surface area is 161 Å². The van der Waals surface area contributed by atoms with Gasteiger partial charge in [0.25, 0.3) is 0 Å². The van der Waals surface area contributed by atoms with Crippen LogP contribution >= 0.6 is 0 Å². The van der Waals surface area contributed by atoms with Crippen molar-refractivity contribution in [3.63, 3.8) is 0 Å². The number of carbonyl (C=O) groups excluding carboxylic acids is 1. The van der Waals surface area contributed by atoms with Gasteiger partial charge in [0, 0.05) is 19.2 Å². The van der Waals surface area contributed by atoms with Gasteiger partial charge in [-0.3, -0.25) is 9.20 Å². The Morgan fingerprint density at radius 1 is 1.18 bits per heavy atom. The van der Waals surface area contributed by atoms with Gasteiger partial charge < -0.3 is 4.90 Å². The number of amides is 1. The molecule has 2 aliphatic rings. The molecular weight excluding hydrogens is 369 g/mol. The standard InChI is InChI=1S/C20H25F3N4O/c1-13-6-8-14(9-7-13)12-17(28)26-10-3-5-16(26)19-25-24-18-15(20(21,22)23)4-2-11-27(18)19/h2,4,11,13-14,16H,3,5-10,12H2,1H3. The van der Waals surface area contributed by atoms with Crippen LogP contribution in [0.2, 0.25) is 0 Å². The third kappa shape index (κ3) is 3.61. The topological polar surface area (TPSA) is 50.5 Å². The fourth-order valence-electron chi connectivity index (χ4n) is 4.61. The lowest BCUT2D eigenvalue weighted by atomic mass is 9.81. The number of nitrogens with zero attached hydrogens (tertiary/aromatic N) is 4. The van der Waals surface area contributed by atoms with E-state index in [1.807, 2.05) is 0 Å². The lowest BCUT2D eigenvalue weighted by molar-refractivity contribution is -0.137. The smallest absolute Gasteiger partial charge is 0.332 e. The van der Waals surface area contributed by atoms with Crippen molar-refractivity contribution in [1.29, 1.82) is 0 Å². The zero-order chi connectivity index (χ0) is 19.9. The Morgan fingerprint density at radius 2 is 1.93 bits per heavy atom. The predicted octanol–water partition coefficient (Wildman–Crippen LogP) is 4.63. The number of fused-ring (bicyclic) bond motifs is 1. The van der Waals surface area contributed by atoms with E-state index in [1.54, 1.807) is 11.1 Å². The number of carbonyl (C=O) groups is 1. The minimum atomic E-state index is -4.49. The second-order valence-corrected chi connectivity index (χ2v) is 8.25. The zero-order valence-corrected chi connectivity index (χ0v) is 16.0. The number of hydrogen-bond acceptors (Lipinski definition) is 3. The Kier molecular flexibility index (Phi) is 5.05. The first-order chi connectivity index (χ1) is 13.3. The molecule has 4 rings (SSSR count). The fourth-order valence-corrected chi connectivity index (χ4v) is 4.61. The van der Waals surface area contributed by atoms with E-state index in [0.29, 0.717) is 31.1 Å². The number of halogens is 3. The molecule has 0 aromatic carbocycles. The molecule has 1 atom stereocenters. The largest absolute Gasteiger partial charge is 0.420 e. The average Bonchev–Trinajstić information content (AvgIpc) is 3.28. The summed E-state index contributed by atoms with van der Waals surface area (Å²) in [5.74, 6) is 1.66. The van der Waals surface area contributed by atoms with Gasteiger partial charge in [0.2, 0.25) is 5.91 Å². The molecule has 2 aromatic rings. The molecule has 0 spiro atoms. The molecule has 2 fully saturated rings. The summed E-state index contributed by atoms with van der Waals surface area (Å²) in [5, 5.41) is 7.86. The minimum Gasteiger partial charge on any atom is -0.332 e. The summed E-state index contributed by atoms with van der Waals surface area (Å²) in [6, 6.07) is 2.05. The highest BCUT2D eigenvalue weighted by Crippen LogP contribution is 2.37. The number of aromatic nitrogens is 3. The highest BCUT2D eigenvalue weighted by Gasteiger charge is 2.37. The predicted molar refractivity (Wildman–Crippen MR) is 97.4 cm³/mol. The van der Waals surface area contributed by atoms with Crippen LogP contribution in [0.1, 0.15) is 69.3 Å². The number of pyridine rings is 1. The van der Waals surface area contributed by atoms with Gasteiger partial charge in [-0.25, -0.2) is 0 Å². The van der Waals surface area contributed by atoms with Crippen LogP contribution in [0.25, 0.3) is 5.65 Å². The number of hydrogen-bond donors (Lipinski definition) is 0. The van der Waals surface area contributed by atoms with Crippen molar-refractivity contribution in [3.05, 3.63) is 29.7 Å². The van der Waals surface area contributed by atoms with E-state index in [9.17, 15) is 18.0 Å². The van der Waals surface area contributed by atoms with Crippen molar-refractivity contribution in [3.8, 4) is 0 Å². The summed E-state index contributed by atoms with van der Waals surface area (Å²) in [6.45, 7) is 2.88. The molecule has 3 heterocycles. The maximum absolute atomic E-state index is 13.3. The summed E-state index contributed by atoms with van der Waals surface area (Å²) < 4.78 is 41.1. The van der Waals surface area contributed by atoms with Gasteiger partial charge in [0.05, 0.1) is 6.04 Å². The molecular formula is C20H25F3N4O. The van der Waals surface area contributed by atoms with Crippen LogP contribution in [0.5, 0.6) is 0 Å². The molecule has 0 radical (unpaired) electrons. The number of alkyl halides is 3. The van der Waals surface area contributed by atoms with Crippen molar-refractivity contribution in [2.45, 2.75) is 64.1 Å². The lowest BCUT2D eigenvalue weighted by Crippen LogP contribution is -2.33. The Bertz CT molecular complexity index is 855. The van der Waals surface area contributed by atoms with Gasteiger partial charge in [-0.1, -0.05) is 19.8 Å². The molecule has 1 saturated carbocycles. The Morgan fingerprint density at radius 3 is 2.64 bits per heavy atom. The maximum Gasteiger partial charge on any atom is 0.420 e. The minimum absolute atomic E-state index is 0.0887. The van der Waals surface area contributed by atoms with Crippen LogP contribution in [0, 0.1) is 11.8 Å². The van der Waals surface area contributed by atoms with Crippen molar-refractivity contribution >= 4 is 11.6 Å². The van der Waals surface area contributed by atoms with E-state index in [2.05, 4.69) is 17.1 Å². The van der Waals surface area contributed by atoms with Gasteiger partial charge in [-0.2, -0.15) is 13.2 Å². The van der Waals surface area contributed by atoms with Crippen molar-refractivity contribution in [2.24, 2.45) is 11.8 Å². The third-order valence-corrected chi connectivity index (χ3v) is 6.24. The highest BCUT2D eigenvalue weighted by atomic mass is 19.4. The van der Waals surface area contributed by atoms with Crippen molar-refractivity contribution < 1.29 is 18.0 Å². The quantitative estimate of drug-likeness (QED) is 0.763. The molecule has 1 saturated heterocycles. The molecule has 1 aliphatic heterocycles. The SMILES string of the molecule is CC1CCC(CC(=O)N2CCCC2c2nnc3c(C(F)(F)F)cccn23)CC1. The van der Waals surface area contributed by atoms with E-state index in [-0.39, 0.29) is 17.6 Å². The van der Waals surface area contributed by atoms with Gasteiger partial charge in [-0.15, -0.1) is 10.2 Å². The maximum atomic E-state index is 13.3. The molecule has 1 aliphatic carbocycles. The second-order valence-electron chi connectivity index (χ2n) is 8.25. The first-order valence-corrected chi connectivity index (χ1v) is 10.0. The van der Waals surface area contributed by atoms with E-state index >= 15 is 0 Å². The van der Waals surface area contributed by atoms with Crippen LogP contribution in [-0.2, 0) is 11.0 Å². The van der Waals surface area contributed by atoms with Gasteiger partial charge >= 0.3 is 6.18 Å². The zero-order valence-electron chi connectivity index (χ0n) is 16.0. The molecule has 5 nitrogen and oxygen atoms in total. The van der Waals surface area contributed by atoms with Crippen molar-refractivity contribution in [1.82, 2.24) is 19.5 Å². The fraction of sp³-hybridized carbons (Fsp3) is 0.650. The van der Waals surface area contributed by atoms with Crippen LogP contribution < -0.4 is 0 Å². The molecule has 152 valence electrons. The molecule has 28 heavy (non-hydrogen) atoms. The van der Waals surface area contributed by atoms with Crippen LogP contribution in [0.4, 0.5) is 13.2 Å². The summed E-state index contributed by atoms with van der Waals surface area (Å²) in [6.07, 6.45) is 3.58. The summed E-state index contributed by atoms with van der Waals surface area (Å²) in [7, 11) is 0. The van der Waals surface area contributed by atoms with E-state index in [0.717, 1.165) is 44.1 Å². The molecule has 0 bridgehead atoms. The molecule has 1 unspecified atom stereocenters. The van der Waals surface area contributed by atoms with E-state index in [1.165, 1.54) is 10.5 Å². The van der Waals surface area contributed by atoms with Gasteiger partial charge in [-0.05, 0) is 49.7 Å². The molecule has 2 aromatic heterocycles. The highest BCUT2D eigenvalue weighted by molar-refractivity contribution is 5.77. The third-order valence-electron chi connectivity index (χ3n) is 6.24. The van der Waals surface area contributed by atoms with Crippen LogP contribution in [0.3, 0.4) is 0 Å². The van der Waals surface area contributed by atoms with E-state index < -0.39 is 11.7 Å². The Balaban J connectivity index is 1.56. The number of rotatable bonds is 3. The monoisotopic (exact) mass is 394 g/mol. The summed E-state index contributed by atoms with van der Waals surface area (Å²) in [5.41, 5.74) is -1.01. The van der Waals surface area contributed by atoms with E-state index in [4.69, 9.17) is 0 Å². The van der Waals surface area contributed by atoms with Gasteiger partial charge in [0.15, 0.2) is 11.5 Å². The lowest BCUT2D eigenvalue weighted by Gasteiger charge is -2.29.